The van der Waals surface area contributed by atoms with Crippen molar-refractivity contribution in [3.8, 4) is 5.88 Å². The number of nitrogens with two attached hydrogens (primary N) is 1. The lowest BCUT2D eigenvalue weighted by atomic mass is 9.85. The van der Waals surface area contributed by atoms with E-state index >= 15 is 0 Å². The maximum atomic E-state index is 5.99. The minimum atomic E-state index is 0.438. The number of hydrogen-bond acceptors (Lipinski definition) is 4. The third-order valence-corrected chi connectivity index (χ3v) is 4.69. The predicted octanol–water partition coefficient (Wildman–Crippen LogP) is 3.47. The lowest BCUT2D eigenvalue weighted by Gasteiger charge is -2.24. The van der Waals surface area contributed by atoms with Crippen LogP contribution in [-0.2, 0) is 0 Å². The van der Waals surface area contributed by atoms with Gasteiger partial charge in [-0.2, -0.15) is 4.98 Å². The van der Waals surface area contributed by atoms with E-state index in [1.54, 1.807) is 0 Å². The van der Waals surface area contributed by atoms with Gasteiger partial charge in [-0.15, -0.1) is 0 Å². The minimum Gasteiger partial charge on any atom is -0.476 e. The van der Waals surface area contributed by atoms with Gasteiger partial charge < -0.3 is 15.4 Å². The van der Waals surface area contributed by atoms with Crippen LogP contribution < -0.4 is 15.4 Å². The highest BCUT2D eigenvalue weighted by Crippen LogP contribution is 2.33. The SMILES string of the molecule is CC1(C)CCCN(c2ccc(N)c(OCC3CC3)n2)CC1. The first-order valence-corrected chi connectivity index (χ1v) is 8.18. The molecular weight excluding hydrogens is 262 g/mol. The molecule has 1 aromatic heterocycles. The number of rotatable bonds is 4. The Labute approximate surface area is 127 Å². The van der Waals surface area contributed by atoms with Gasteiger partial charge in [0.25, 0.3) is 0 Å². The molecule has 4 nitrogen and oxygen atoms in total. The zero-order valence-electron chi connectivity index (χ0n) is 13.3. The zero-order chi connectivity index (χ0) is 14.9. The van der Waals surface area contributed by atoms with Crippen molar-refractivity contribution in [2.24, 2.45) is 11.3 Å². The van der Waals surface area contributed by atoms with Gasteiger partial charge in [0.1, 0.15) is 5.82 Å². The average molecular weight is 289 g/mol. The highest BCUT2D eigenvalue weighted by molar-refractivity contribution is 5.54. The molecule has 116 valence electrons. The van der Waals surface area contributed by atoms with E-state index in [1.165, 1.54) is 32.1 Å². The van der Waals surface area contributed by atoms with Gasteiger partial charge in [0.05, 0.1) is 12.3 Å². The first-order valence-electron chi connectivity index (χ1n) is 8.18. The zero-order valence-corrected chi connectivity index (χ0v) is 13.3. The number of ether oxygens (including phenoxy) is 1. The maximum Gasteiger partial charge on any atom is 0.239 e. The Balaban J connectivity index is 1.70. The van der Waals surface area contributed by atoms with Crippen molar-refractivity contribution in [2.75, 3.05) is 30.3 Å². The van der Waals surface area contributed by atoms with Gasteiger partial charge in [-0.3, -0.25) is 0 Å². The Morgan fingerprint density at radius 1 is 1.29 bits per heavy atom. The van der Waals surface area contributed by atoms with E-state index in [0.29, 0.717) is 22.9 Å². The van der Waals surface area contributed by atoms with Crippen LogP contribution in [0.4, 0.5) is 11.5 Å². The van der Waals surface area contributed by atoms with Crippen molar-refractivity contribution < 1.29 is 4.74 Å². The summed E-state index contributed by atoms with van der Waals surface area (Å²) in [6.45, 7) is 7.61. The van der Waals surface area contributed by atoms with Gasteiger partial charge in [-0.25, -0.2) is 0 Å². The minimum absolute atomic E-state index is 0.438. The van der Waals surface area contributed by atoms with Crippen LogP contribution in [0.1, 0.15) is 46.0 Å². The van der Waals surface area contributed by atoms with Gasteiger partial charge in [0.15, 0.2) is 0 Å². The van der Waals surface area contributed by atoms with Crippen LogP contribution in [0, 0.1) is 11.3 Å². The second kappa shape index (κ2) is 5.74. The normalized spacial score (nSPS) is 21.9. The molecule has 4 heteroatoms. The van der Waals surface area contributed by atoms with Crippen molar-refractivity contribution >= 4 is 11.5 Å². The van der Waals surface area contributed by atoms with Crippen LogP contribution in [-0.4, -0.2) is 24.7 Å². The Morgan fingerprint density at radius 3 is 2.86 bits per heavy atom. The highest BCUT2D eigenvalue weighted by atomic mass is 16.5. The lowest BCUT2D eigenvalue weighted by molar-refractivity contribution is 0.290. The smallest absolute Gasteiger partial charge is 0.239 e. The molecule has 0 amide bonds. The number of nitrogen functional groups attached to an aromatic ring is 1. The first kappa shape index (κ1) is 14.5. The van der Waals surface area contributed by atoms with Crippen molar-refractivity contribution in [1.82, 2.24) is 4.98 Å². The summed E-state index contributed by atoms with van der Waals surface area (Å²) in [5.74, 6) is 2.34. The van der Waals surface area contributed by atoms with E-state index in [4.69, 9.17) is 10.5 Å². The second-order valence-electron chi connectivity index (χ2n) is 7.32. The molecule has 1 saturated carbocycles. The topological polar surface area (TPSA) is 51.4 Å². The third kappa shape index (κ3) is 3.80. The first-order chi connectivity index (χ1) is 10.0. The molecule has 0 atom stereocenters. The van der Waals surface area contributed by atoms with E-state index in [2.05, 4.69) is 23.7 Å². The fraction of sp³-hybridized carbons (Fsp3) is 0.706. The molecule has 2 heterocycles. The number of hydrogen-bond donors (Lipinski definition) is 1. The summed E-state index contributed by atoms with van der Waals surface area (Å²) in [5, 5.41) is 0. The Bertz CT molecular complexity index is 497. The van der Waals surface area contributed by atoms with Crippen LogP contribution in [0.5, 0.6) is 5.88 Å². The molecule has 1 aliphatic heterocycles. The fourth-order valence-electron chi connectivity index (χ4n) is 2.87. The Morgan fingerprint density at radius 2 is 2.10 bits per heavy atom. The number of aromatic nitrogens is 1. The summed E-state index contributed by atoms with van der Waals surface area (Å²) >= 11 is 0. The molecule has 1 aliphatic carbocycles. The van der Waals surface area contributed by atoms with E-state index in [1.807, 2.05) is 12.1 Å². The van der Waals surface area contributed by atoms with E-state index in [9.17, 15) is 0 Å². The summed E-state index contributed by atoms with van der Waals surface area (Å²) in [7, 11) is 0. The molecule has 2 N–H and O–H groups in total. The maximum absolute atomic E-state index is 5.99. The van der Waals surface area contributed by atoms with Crippen LogP contribution in [0.3, 0.4) is 0 Å². The molecule has 0 bridgehead atoms. The molecule has 2 aliphatic rings. The summed E-state index contributed by atoms with van der Waals surface area (Å²) in [6, 6.07) is 3.96. The molecule has 0 unspecified atom stereocenters. The summed E-state index contributed by atoms with van der Waals surface area (Å²) in [4.78, 5) is 7.04. The van der Waals surface area contributed by atoms with Crippen molar-refractivity contribution in [3.63, 3.8) is 0 Å². The number of anilines is 2. The average Bonchev–Trinajstić information content (AvgIpc) is 3.26. The Hall–Kier alpha value is -1.45. The van der Waals surface area contributed by atoms with Gasteiger partial charge in [-0.05, 0) is 55.6 Å². The fourth-order valence-corrected chi connectivity index (χ4v) is 2.87. The molecule has 0 radical (unpaired) electrons. The summed E-state index contributed by atoms with van der Waals surface area (Å²) in [5.41, 5.74) is 7.08. The largest absolute Gasteiger partial charge is 0.476 e. The van der Waals surface area contributed by atoms with Crippen LogP contribution >= 0.6 is 0 Å². The lowest BCUT2D eigenvalue weighted by Crippen LogP contribution is -2.26. The number of pyridine rings is 1. The van der Waals surface area contributed by atoms with Crippen molar-refractivity contribution in [3.05, 3.63) is 12.1 Å². The molecule has 21 heavy (non-hydrogen) atoms. The molecular formula is C17H27N3O. The Kier molecular flexibility index (Phi) is 3.96. The second-order valence-corrected chi connectivity index (χ2v) is 7.32. The highest BCUT2D eigenvalue weighted by Gasteiger charge is 2.25. The van der Waals surface area contributed by atoms with Crippen molar-refractivity contribution in [1.29, 1.82) is 0 Å². The van der Waals surface area contributed by atoms with E-state index < -0.39 is 0 Å². The van der Waals surface area contributed by atoms with Gasteiger partial charge in [0, 0.05) is 13.1 Å². The molecule has 1 aromatic rings. The van der Waals surface area contributed by atoms with E-state index in [0.717, 1.165) is 25.5 Å². The number of nitrogens with zero attached hydrogens (tertiary/aromatic N) is 2. The quantitative estimate of drug-likeness (QED) is 0.922. The molecule has 0 aromatic carbocycles. The van der Waals surface area contributed by atoms with Crippen molar-refractivity contribution in [2.45, 2.75) is 46.0 Å². The standard InChI is InChI=1S/C17H27N3O/c1-17(2)8-3-10-20(11-9-17)15-7-6-14(18)16(19-15)21-12-13-4-5-13/h6-7,13H,3-5,8-12,18H2,1-2H3. The predicted molar refractivity (Wildman–Crippen MR) is 86.7 cm³/mol. The van der Waals surface area contributed by atoms with Gasteiger partial charge in [0.2, 0.25) is 5.88 Å². The monoisotopic (exact) mass is 289 g/mol. The summed E-state index contributed by atoms with van der Waals surface area (Å²) in [6.07, 6.45) is 6.26. The van der Waals surface area contributed by atoms with Crippen LogP contribution in [0.2, 0.25) is 0 Å². The molecule has 3 rings (SSSR count). The molecule has 2 fully saturated rings. The molecule has 0 spiro atoms. The van der Waals surface area contributed by atoms with Gasteiger partial charge in [-0.1, -0.05) is 13.8 Å². The van der Waals surface area contributed by atoms with E-state index in [-0.39, 0.29) is 0 Å². The third-order valence-electron chi connectivity index (χ3n) is 4.69. The summed E-state index contributed by atoms with van der Waals surface area (Å²) < 4.78 is 5.80. The van der Waals surface area contributed by atoms with Crippen LogP contribution in [0.15, 0.2) is 12.1 Å². The van der Waals surface area contributed by atoms with Crippen LogP contribution in [0.25, 0.3) is 0 Å². The van der Waals surface area contributed by atoms with Gasteiger partial charge >= 0.3 is 0 Å². The molecule has 1 saturated heterocycles.